The molecule has 2 heterocycles. The Hall–Kier alpha value is -0.850. The molecule has 2 aromatic rings. The quantitative estimate of drug-likeness (QED) is 0.474. The minimum absolute atomic E-state index is 0.0314. The van der Waals surface area contributed by atoms with Crippen molar-refractivity contribution in [1.29, 1.82) is 0 Å². The molecular weight excluding hydrogens is 256 g/mol. The first kappa shape index (κ1) is 12.6. The highest BCUT2D eigenvalue weighted by atomic mass is 32.2. The molecule has 0 spiro atoms. The molecule has 2 aromatic heterocycles. The largest absolute Gasteiger partial charge is 0.381 e. The van der Waals surface area contributed by atoms with E-state index in [1.54, 1.807) is 23.4 Å². The van der Waals surface area contributed by atoms with E-state index in [-0.39, 0.29) is 5.56 Å². The number of hydrogen-bond donors (Lipinski definition) is 0. The number of thioether (sulfide) groups is 1. The lowest BCUT2D eigenvalue weighted by molar-refractivity contribution is 0.164. The van der Waals surface area contributed by atoms with Crippen LogP contribution in [0.1, 0.15) is 6.92 Å². The van der Waals surface area contributed by atoms with E-state index in [1.165, 1.54) is 11.3 Å². The van der Waals surface area contributed by atoms with E-state index in [1.807, 2.05) is 18.4 Å². The van der Waals surface area contributed by atoms with Crippen molar-refractivity contribution >= 4 is 33.3 Å². The number of fused-ring (bicyclic) bond motifs is 1. The van der Waals surface area contributed by atoms with E-state index in [0.29, 0.717) is 6.61 Å². The lowest BCUT2D eigenvalue weighted by Gasteiger charge is -2.06. The van der Waals surface area contributed by atoms with Crippen LogP contribution in [0.25, 0.3) is 10.2 Å². The third-order valence-electron chi connectivity index (χ3n) is 2.31. The minimum Gasteiger partial charge on any atom is -0.381 e. The molecule has 17 heavy (non-hydrogen) atoms. The average molecular weight is 270 g/mol. The monoisotopic (exact) mass is 270 g/mol. The van der Waals surface area contributed by atoms with Gasteiger partial charge in [0, 0.05) is 19.4 Å². The van der Waals surface area contributed by atoms with Crippen LogP contribution in [0.2, 0.25) is 0 Å². The van der Waals surface area contributed by atoms with Crippen molar-refractivity contribution in [3.63, 3.8) is 0 Å². The summed E-state index contributed by atoms with van der Waals surface area (Å²) in [5.74, 6) is 0.809. The molecule has 0 saturated heterocycles. The Morgan fingerprint density at radius 1 is 1.59 bits per heavy atom. The standard InChI is InChI=1S/C11H14N2O2S2/c1-3-15-5-7-17-11-12-8-4-6-16-9(8)10(14)13(11)2/h4,6H,3,5,7H2,1-2H3. The van der Waals surface area contributed by atoms with E-state index in [0.717, 1.165) is 27.7 Å². The van der Waals surface area contributed by atoms with E-state index in [2.05, 4.69) is 4.98 Å². The van der Waals surface area contributed by atoms with Crippen molar-refractivity contribution in [2.24, 2.45) is 7.05 Å². The third kappa shape index (κ3) is 2.70. The Morgan fingerprint density at radius 3 is 3.18 bits per heavy atom. The van der Waals surface area contributed by atoms with Crippen LogP contribution in [0.4, 0.5) is 0 Å². The van der Waals surface area contributed by atoms with Crippen LogP contribution in [0.5, 0.6) is 0 Å². The Labute approximate surface area is 108 Å². The molecule has 2 rings (SSSR count). The van der Waals surface area contributed by atoms with Crippen LogP contribution in [-0.4, -0.2) is 28.5 Å². The lowest BCUT2D eigenvalue weighted by atomic mass is 10.5. The molecule has 92 valence electrons. The zero-order valence-electron chi connectivity index (χ0n) is 9.80. The van der Waals surface area contributed by atoms with Crippen molar-refractivity contribution in [2.75, 3.05) is 19.0 Å². The molecular formula is C11H14N2O2S2. The summed E-state index contributed by atoms with van der Waals surface area (Å²) in [4.78, 5) is 16.5. The molecule has 0 aliphatic rings. The highest BCUT2D eigenvalue weighted by Crippen LogP contribution is 2.19. The number of aromatic nitrogens is 2. The Balaban J connectivity index is 2.22. The molecule has 6 heteroatoms. The zero-order chi connectivity index (χ0) is 12.3. The van der Waals surface area contributed by atoms with Gasteiger partial charge in [-0.25, -0.2) is 4.98 Å². The lowest BCUT2D eigenvalue weighted by Crippen LogP contribution is -2.19. The van der Waals surface area contributed by atoms with Gasteiger partial charge in [0.25, 0.3) is 5.56 Å². The molecule has 0 unspecified atom stereocenters. The van der Waals surface area contributed by atoms with Crippen LogP contribution >= 0.6 is 23.1 Å². The highest BCUT2D eigenvalue weighted by Gasteiger charge is 2.09. The first-order valence-corrected chi connectivity index (χ1v) is 7.25. The van der Waals surface area contributed by atoms with Crippen molar-refractivity contribution in [2.45, 2.75) is 12.1 Å². The van der Waals surface area contributed by atoms with Crippen molar-refractivity contribution < 1.29 is 4.74 Å². The van der Waals surface area contributed by atoms with Crippen LogP contribution in [0.15, 0.2) is 21.4 Å². The van der Waals surface area contributed by atoms with Gasteiger partial charge in [0.2, 0.25) is 0 Å². The molecule has 0 saturated carbocycles. The number of hydrogen-bond acceptors (Lipinski definition) is 5. The summed E-state index contributed by atoms with van der Waals surface area (Å²) in [6.07, 6.45) is 0. The van der Waals surface area contributed by atoms with Crippen LogP contribution in [-0.2, 0) is 11.8 Å². The summed E-state index contributed by atoms with van der Waals surface area (Å²) >= 11 is 2.99. The fourth-order valence-electron chi connectivity index (χ4n) is 1.43. The van der Waals surface area contributed by atoms with Gasteiger partial charge in [0.05, 0.1) is 12.1 Å². The molecule has 0 amide bonds. The second-order valence-corrected chi connectivity index (χ2v) is 5.42. The molecule has 0 aromatic carbocycles. The molecule has 0 radical (unpaired) electrons. The van der Waals surface area contributed by atoms with Gasteiger partial charge >= 0.3 is 0 Å². The number of nitrogens with zero attached hydrogens (tertiary/aromatic N) is 2. The minimum atomic E-state index is 0.0314. The van der Waals surface area contributed by atoms with E-state index in [4.69, 9.17) is 4.74 Å². The highest BCUT2D eigenvalue weighted by molar-refractivity contribution is 7.99. The van der Waals surface area contributed by atoms with Gasteiger partial charge in [-0.2, -0.15) is 0 Å². The topological polar surface area (TPSA) is 44.1 Å². The molecule has 0 aliphatic heterocycles. The summed E-state index contributed by atoms with van der Waals surface area (Å²) in [5.41, 5.74) is 0.820. The normalized spacial score (nSPS) is 11.2. The van der Waals surface area contributed by atoms with Crippen molar-refractivity contribution in [1.82, 2.24) is 9.55 Å². The summed E-state index contributed by atoms with van der Waals surface area (Å²) in [6, 6.07) is 1.88. The van der Waals surface area contributed by atoms with Gasteiger partial charge in [-0.3, -0.25) is 9.36 Å². The van der Waals surface area contributed by atoms with Gasteiger partial charge in [-0.05, 0) is 18.4 Å². The fraction of sp³-hybridized carbons (Fsp3) is 0.455. The second-order valence-electron chi connectivity index (χ2n) is 3.44. The average Bonchev–Trinajstić information content (AvgIpc) is 2.79. The maximum absolute atomic E-state index is 12.0. The van der Waals surface area contributed by atoms with E-state index < -0.39 is 0 Å². The SMILES string of the molecule is CCOCCSc1nc2ccsc2c(=O)n1C. The molecule has 0 N–H and O–H groups in total. The number of rotatable bonds is 5. The smallest absolute Gasteiger partial charge is 0.271 e. The summed E-state index contributed by atoms with van der Waals surface area (Å²) in [7, 11) is 1.76. The van der Waals surface area contributed by atoms with Crippen LogP contribution in [0, 0.1) is 0 Å². The molecule has 0 aliphatic carbocycles. The van der Waals surface area contributed by atoms with Gasteiger partial charge in [-0.15, -0.1) is 11.3 Å². The first-order chi connectivity index (χ1) is 8.24. The molecule has 0 fully saturated rings. The van der Waals surface area contributed by atoms with E-state index in [9.17, 15) is 4.79 Å². The van der Waals surface area contributed by atoms with Gasteiger partial charge in [0.1, 0.15) is 4.70 Å². The van der Waals surface area contributed by atoms with Crippen LogP contribution in [0.3, 0.4) is 0 Å². The predicted octanol–water partition coefficient (Wildman–Crippen LogP) is 2.12. The molecule has 0 atom stereocenters. The maximum Gasteiger partial charge on any atom is 0.271 e. The summed E-state index contributed by atoms with van der Waals surface area (Å²) in [6.45, 7) is 3.37. The van der Waals surface area contributed by atoms with Crippen molar-refractivity contribution in [3.8, 4) is 0 Å². The van der Waals surface area contributed by atoms with Crippen LogP contribution < -0.4 is 5.56 Å². The van der Waals surface area contributed by atoms with Gasteiger partial charge < -0.3 is 4.74 Å². The Kier molecular flexibility index (Phi) is 4.20. The molecule has 4 nitrogen and oxygen atoms in total. The summed E-state index contributed by atoms with van der Waals surface area (Å²) < 4.78 is 7.59. The van der Waals surface area contributed by atoms with Gasteiger partial charge in [-0.1, -0.05) is 11.8 Å². The summed E-state index contributed by atoms with van der Waals surface area (Å²) in [5, 5.41) is 2.65. The Morgan fingerprint density at radius 2 is 2.41 bits per heavy atom. The van der Waals surface area contributed by atoms with Crippen molar-refractivity contribution in [3.05, 3.63) is 21.8 Å². The first-order valence-electron chi connectivity index (χ1n) is 5.38. The molecule has 0 bridgehead atoms. The number of ether oxygens (including phenoxy) is 1. The predicted molar refractivity (Wildman–Crippen MR) is 72.1 cm³/mol. The zero-order valence-corrected chi connectivity index (χ0v) is 11.4. The Bertz CT molecular complexity index is 562. The maximum atomic E-state index is 12.0. The number of thiophene rings is 1. The van der Waals surface area contributed by atoms with E-state index >= 15 is 0 Å². The second kappa shape index (κ2) is 5.66. The third-order valence-corrected chi connectivity index (χ3v) is 4.20. The van der Waals surface area contributed by atoms with Gasteiger partial charge in [0.15, 0.2) is 5.16 Å². The fourth-order valence-corrected chi connectivity index (χ4v) is 3.06.